The monoisotopic (exact) mass is 239 g/mol. The third-order valence-corrected chi connectivity index (χ3v) is 4.97. The lowest BCUT2D eigenvalue weighted by atomic mass is 9.65. The van der Waals surface area contributed by atoms with E-state index in [9.17, 15) is 4.79 Å². The van der Waals surface area contributed by atoms with E-state index >= 15 is 0 Å². The average molecular weight is 239 g/mol. The van der Waals surface area contributed by atoms with Crippen LogP contribution in [0.2, 0.25) is 0 Å². The van der Waals surface area contributed by atoms with Gasteiger partial charge in [0.15, 0.2) is 0 Å². The van der Waals surface area contributed by atoms with E-state index in [2.05, 4.69) is 12.2 Å². The van der Waals surface area contributed by atoms with Crippen molar-refractivity contribution in [3.05, 3.63) is 0 Å². The summed E-state index contributed by atoms with van der Waals surface area (Å²) in [4.78, 5) is 11.0. The average Bonchev–Trinajstić information content (AvgIpc) is 2.72. The summed E-state index contributed by atoms with van der Waals surface area (Å²) in [6, 6.07) is 0. The first-order valence-corrected chi connectivity index (χ1v) is 7.07. The molecule has 0 atom stereocenters. The maximum absolute atomic E-state index is 11.0. The Morgan fingerprint density at radius 3 is 2.18 bits per heavy atom. The van der Waals surface area contributed by atoms with E-state index in [4.69, 9.17) is 5.11 Å². The fourth-order valence-corrected chi connectivity index (χ4v) is 3.96. The molecule has 0 saturated heterocycles. The highest BCUT2D eigenvalue weighted by atomic mass is 16.4. The van der Waals surface area contributed by atoms with Gasteiger partial charge < -0.3 is 10.4 Å². The minimum atomic E-state index is -0.659. The quantitative estimate of drug-likeness (QED) is 0.793. The van der Waals surface area contributed by atoms with Crippen molar-refractivity contribution in [3.8, 4) is 0 Å². The number of carboxylic acids is 1. The van der Waals surface area contributed by atoms with Gasteiger partial charge in [-0.3, -0.25) is 4.79 Å². The topological polar surface area (TPSA) is 49.3 Å². The predicted molar refractivity (Wildman–Crippen MR) is 68.0 cm³/mol. The molecule has 0 aromatic heterocycles. The second-order valence-corrected chi connectivity index (χ2v) is 6.09. The van der Waals surface area contributed by atoms with Crippen molar-refractivity contribution in [2.45, 2.75) is 70.3 Å². The lowest BCUT2D eigenvalue weighted by Gasteiger charge is -2.45. The van der Waals surface area contributed by atoms with Crippen LogP contribution in [0, 0.1) is 5.41 Å². The first-order chi connectivity index (χ1) is 8.10. The van der Waals surface area contributed by atoms with Gasteiger partial charge in [-0.2, -0.15) is 0 Å². The smallest absolute Gasteiger partial charge is 0.305 e. The summed E-state index contributed by atoms with van der Waals surface area (Å²) in [7, 11) is 0. The molecule has 0 aliphatic heterocycles. The van der Waals surface area contributed by atoms with E-state index < -0.39 is 5.97 Å². The molecule has 2 rings (SSSR count). The van der Waals surface area contributed by atoms with Gasteiger partial charge in [-0.15, -0.1) is 0 Å². The Bertz CT molecular complexity index is 272. The largest absolute Gasteiger partial charge is 0.481 e. The van der Waals surface area contributed by atoms with E-state index in [0.29, 0.717) is 5.41 Å². The van der Waals surface area contributed by atoms with Crippen molar-refractivity contribution in [1.29, 1.82) is 0 Å². The van der Waals surface area contributed by atoms with Crippen LogP contribution in [0.3, 0.4) is 0 Å². The number of aliphatic carboxylic acids is 1. The highest BCUT2D eigenvalue weighted by molar-refractivity contribution is 5.68. The summed E-state index contributed by atoms with van der Waals surface area (Å²) in [5, 5.41) is 12.5. The van der Waals surface area contributed by atoms with Crippen molar-refractivity contribution >= 4 is 5.97 Å². The van der Waals surface area contributed by atoms with Crippen LogP contribution in [0.5, 0.6) is 0 Å². The molecule has 98 valence electrons. The summed E-state index contributed by atoms with van der Waals surface area (Å²) in [5.74, 6) is -0.659. The van der Waals surface area contributed by atoms with E-state index in [1.807, 2.05) is 0 Å². The fourth-order valence-electron chi connectivity index (χ4n) is 3.96. The number of hydrogen-bond acceptors (Lipinski definition) is 2. The molecule has 0 heterocycles. The van der Waals surface area contributed by atoms with Crippen molar-refractivity contribution in [1.82, 2.24) is 5.32 Å². The van der Waals surface area contributed by atoms with Gasteiger partial charge in [-0.25, -0.2) is 0 Å². The van der Waals surface area contributed by atoms with Gasteiger partial charge >= 0.3 is 5.97 Å². The molecule has 2 fully saturated rings. The number of rotatable bonds is 4. The van der Waals surface area contributed by atoms with E-state index in [1.165, 1.54) is 38.5 Å². The summed E-state index contributed by atoms with van der Waals surface area (Å²) in [6.07, 6.45) is 10.4. The molecule has 0 aromatic rings. The molecule has 0 bridgehead atoms. The Labute approximate surface area is 104 Å². The Morgan fingerprint density at radius 1 is 1.12 bits per heavy atom. The lowest BCUT2D eigenvalue weighted by molar-refractivity contribution is -0.139. The summed E-state index contributed by atoms with van der Waals surface area (Å²) < 4.78 is 0. The molecule has 2 aliphatic carbocycles. The second-order valence-electron chi connectivity index (χ2n) is 6.09. The number of nitrogens with one attached hydrogen (secondary N) is 1. The maximum atomic E-state index is 11.0. The van der Waals surface area contributed by atoms with Crippen LogP contribution in [-0.4, -0.2) is 23.2 Å². The lowest BCUT2D eigenvalue weighted by Crippen LogP contribution is -2.50. The molecule has 0 radical (unpaired) electrons. The van der Waals surface area contributed by atoms with E-state index in [1.54, 1.807) is 0 Å². The maximum Gasteiger partial charge on any atom is 0.305 e. The van der Waals surface area contributed by atoms with Crippen LogP contribution in [0.4, 0.5) is 0 Å². The predicted octanol–water partition coefficient (Wildman–Crippen LogP) is 2.94. The molecule has 1 spiro atoms. The Morgan fingerprint density at radius 2 is 1.71 bits per heavy atom. The summed E-state index contributed by atoms with van der Waals surface area (Å²) >= 11 is 0. The van der Waals surface area contributed by atoms with Crippen molar-refractivity contribution in [3.63, 3.8) is 0 Å². The molecule has 3 nitrogen and oxygen atoms in total. The molecular weight excluding hydrogens is 214 g/mol. The van der Waals surface area contributed by atoms with Gasteiger partial charge in [0.05, 0.1) is 6.42 Å². The Hall–Kier alpha value is -0.570. The first kappa shape index (κ1) is 12.9. The Kier molecular flexibility index (Phi) is 3.76. The molecule has 2 saturated carbocycles. The molecular formula is C14H25NO2. The third kappa shape index (κ3) is 2.82. The normalized spacial score (nSPS) is 26.2. The standard InChI is InChI=1S/C14H25NO2/c1-2-15-14(11-12(16)17)9-7-13(8-10-14)5-3-4-6-13/h15H,2-11H2,1H3,(H,16,17). The number of carboxylic acid groups (broad SMARTS) is 1. The van der Waals surface area contributed by atoms with Gasteiger partial charge in [0, 0.05) is 5.54 Å². The van der Waals surface area contributed by atoms with Crippen molar-refractivity contribution < 1.29 is 9.90 Å². The summed E-state index contributed by atoms with van der Waals surface area (Å²) in [5.41, 5.74) is 0.464. The minimum absolute atomic E-state index is 0.117. The minimum Gasteiger partial charge on any atom is -0.481 e. The first-order valence-electron chi connectivity index (χ1n) is 7.07. The van der Waals surface area contributed by atoms with E-state index in [0.717, 1.165) is 19.4 Å². The highest BCUT2D eigenvalue weighted by Gasteiger charge is 2.44. The van der Waals surface area contributed by atoms with E-state index in [-0.39, 0.29) is 12.0 Å². The van der Waals surface area contributed by atoms with Crippen LogP contribution in [-0.2, 0) is 4.79 Å². The molecule has 0 unspecified atom stereocenters. The second kappa shape index (κ2) is 4.97. The summed E-state index contributed by atoms with van der Waals surface area (Å²) in [6.45, 7) is 2.95. The van der Waals surface area contributed by atoms with Crippen LogP contribution in [0.1, 0.15) is 64.7 Å². The zero-order valence-electron chi connectivity index (χ0n) is 10.9. The van der Waals surface area contributed by atoms with Gasteiger partial charge in [-0.05, 0) is 50.5 Å². The van der Waals surface area contributed by atoms with Gasteiger partial charge in [-0.1, -0.05) is 19.8 Å². The molecule has 17 heavy (non-hydrogen) atoms. The Balaban J connectivity index is 1.99. The molecule has 2 N–H and O–H groups in total. The molecule has 0 aromatic carbocycles. The highest BCUT2D eigenvalue weighted by Crippen LogP contribution is 2.51. The van der Waals surface area contributed by atoms with Gasteiger partial charge in [0.25, 0.3) is 0 Å². The van der Waals surface area contributed by atoms with Crippen molar-refractivity contribution in [2.75, 3.05) is 6.54 Å². The fraction of sp³-hybridized carbons (Fsp3) is 0.929. The zero-order valence-corrected chi connectivity index (χ0v) is 10.9. The molecule has 0 amide bonds. The third-order valence-electron chi connectivity index (χ3n) is 4.97. The van der Waals surface area contributed by atoms with Crippen LogP contribution >= 0.6 is 0 Å². The zero-order chi connectivity index (χ0) is 12.4. The van der Waals surface area contributed by atoms with Crippen LogP contribution in [0.15, 0.2) is 0 Å². The van der Waals surface area contributed by atoms with Gasteiger partial charge in [0.2, 0.25) is 0 Å². The molecule has 3 heteroatoms. The van der Waals surface area contributed by atoms with Crippen LogP contribution in [0.25, 0.3) is 0 Å². The number of hydrogen-bond donors (Lipinski definition) is 2. The van der Waals surface area contributed by atoms with Crippen molar-refractivity contribution in [2.24, 2.45) is 5.41 Å². The van der Waals surface area contributed by atoms with Crippen LogP contribution < -0.4 is 5.32 Å². The number of carbonyl (C=O) groups is 1. The van der Waals surface area contributed by atoms with Gasteiger partial charge in [0.1, 0.15) is 0 Å². The molecule has 2 aliphatic rings. The SMILES string of the molecule is CCNC1(CC(=O)O)CCC2(CCCC2)CC1.